The van der Waals surface area contributed by atoms with Gasteiger partial charge in [-0.3, -0.25) is 14.1 Å². The maximum atomic E-state index is 13.7. The van der Waals surface area contributed by atoms with Gasteiger partial charge in [-0.1, -0.05) is 58.6 Å². The topological polar surface area (TPSA) is 108 Å². The molecule has 0 spiro atoms. The van der Waals surface area contributed by atoms with E-state index in [9.17, 15) is 18.9 Å². The van der Waals surface area contributed by atoms with Crippen LogP contribution in [-0.4, -0.2) is 43.1 Å². The molecule has 0 saturated carbocycles. The largest absolute Gasteiger partial charge is 0.464 e. The number of Topliss-reactive ketones (excluding diaryl/α,β-unsaturated/α-hetero) is 1. The fourth-order valence-corrected chi connectivity index (χ4v) is 5.73. The van der Waals surface area contributed by atoms with Gasteiger partial charge in [-0.2, -0.15) is 0 Å². The van der Waals surface area contributed by atoms with Crippen LogP contribution in [0.1, 0.15) is 95.6 Å². The molecule has 0 aliphatic heterocycles. The minimum absolute atomic E-state index is 0.0185. The molecule has 1 rings (SSSR count). The minimum atomic E-state index is -3.92. The van der Waals surface area contributed by atoms with E-state index in [4.69, 9.17) is 13.8 Å². The van der Waals surface area contributed by atoms with Gasteiger partial charge in [-0.25, -0.2) is 9.36 Å². The van der Waals surface area contributed by atoms with Gasteiger partial charge < -0.3 is 14.6 Å². The predicted molar refractivity (Wildman–Crippen MR) is 164 cm³/mol. The highest BCUT2D eigenvalue weighted by molar-refractivity contribution is 7.54. The summed E-state index contributed by atoms with van der Waals surface area (Å²) in [5.74, 6) is -0.208. The number of amides is 1. The third-order valence-corrected chi connectivity index (χ3v) is 8.04. The Labute approximate surface area is 246 Å². The number of ketones is 1. The lowest BCUT2D eigenvalue weighted by Gasteiger charge is -2.23. The number of rotatable bonds is 18. The molecule has 0 aliphatic rings. The monoisotopic (exact) mass is 589 g/mol. The molecule has 1 unspecified atom stereocenters. The first kappa shape index (κ1) is 36.1. The Morgan fingerprint density at radius 1 is 1.10 bits per heavy atom. The Kier molecular flexibility index (Phi) is 15.6. The van der Waals surface area contributed by atoms with E-state index in [-0.39, 0.29) is 55.5 Å². The van der Waals surface area contributed by atoms with Crippen molar-refractivity contribution in [3.05, 3.63) is 71.0 Å². The third kappa shape index (κ3) is 12.6. The van der Waals surface area contributed by atoms with Crippen LogP contribution >= 0.6 is 7.60 Å². The van der Waals surface area contributed by atoms with Gasteiger partial charge in [0.05, 0.1) is 12.8 Å². The fraction of sp³-hybridized carbons (Fsp3) is 0.531. The van der Waals surface area contributed by atoms with Crippen molar-refractivity contribution in [3.63, 3.8) is 0 Å². The summed E-state index contributed by atoms with van der Waals surface area (Å²) in [6, 6.07) is 6.03. The summed E-state index contributed by atoms with van der Waals surface area (Å²) >= 11 is 0. The molecule has 0 heterocycles. The summed E-state index contributed by atoms with van der Waals surface area (Å²) in [5, 5.41) is 2.70. The molecule has 0 radical (unpaired) electrons. The van der Waals surface area contributed by atoms with Crippen LogP contribution in [0.4, 0.5) is 0 Å². The zero-order chi connectivity index (χ0) is 31.2. The maximum Gasteiger partial charge on any atom is 0.381 e. The van der Waals surface area contributed by atoms with Crippen LogP contribution in [0, 0.1) is 5.92 Å². The average molecular weight is 590 g/mol. The molecule has 228 valence electrons. The Balaban J connectivity index is 2.94. The first-order valence-corrected chi connectivity index (χ1v) is 16.0. The van der Waals surface area contributed by atoms with Crippen LogP contribution in [-0.2, 0) is 34.4 Å². The summed E-state index contributed by atoms with van der Waals surface area (Å²) in [6.45, 7) is 18.8. The highest BCUT2D eigenvalue weighted by Crippen LogP contribution is 2.51. The minimum Gasteiger partial charge on any atom is -0.464 e. The second-order valence-electron chi connectivity index (χ2n) is 10.6. The van der Waals surface area contributed by atoms with Crippen molar-refractivity contribution in [3.8, 4) is 0 Å². The molecule has 8 nitrogen and oxygen atoms in total. The van der Waals surface area contributed by atoms with Crippen molar-refractivity contribution < 1.29 is 32.7 Å². The van der Waals surface area contributed by atoms with E-state index in [2.05, 4.69) is 31.8 Å². The first-order valence-electron chi connectivity index (χ1n) is 14.3. The number of nitrogens with one attached hydrogen (secondary N) is 1. The second kappa shape index (κ2) is 17.8. The smallest absolute Gasteiger partial charge is 0.381 e. The first-order chi connectivity index (χ1) is 19.3. The Morgan fingerprint density at radius 2 is 1.78 bits per heavy atom. The van der Waals surface area contributed by atoms with Crippen LogP contribution in [0.5, 0.6) is 0 Å². The molecule has 0 bridgehead atoms. The van der Waals surface area contributed by atoms with Crippen molar-refractivity contribution in [2.75, 3.05) is 19.3 Å². The van der Waals surface area contributed by atoms with Crippen LogP contribution in [0.15, 0.2) is 54.3 Å². The van der Waals surface area contributed by atoms with Gasteiger partial charge in [0.15, 0.2) is 11.9 Å². The number of hydrogen-bond acceptors (Lipinski definition) is 7. The molecular weight excluding hydrogens is 541 g/mol. The summed E-state index contributed by atoms with van der Waals surface area (Å²) in [5.41, 5.74) is 3.35. The van der Waals surface area contributed by atoms with Crippen molar-refractivity contribution >= 4 is 25.3 Å². The normalized spacial score (nSPS) is 14.4. The van der Waals surface area contributed by atoms with Gasteiger partial charge in [0, 0.05) is 24.9 Å². The summed E-state index contributed by atoms with van der Waals surface area (Å²) < 4.78 is 30.1. The second-order valence-corrected chi connectivity index (χ2v) is 12.7. The molecule has 1 aromatic carbocycles. The summed E-state index contributed by atoms with van der Waals surface area (Å²) in [7, 11) is -3.92. The molecule has 41 heavy (non-hydrogen) atoms. The zero-order valence-electron chi connectivity index (χ0n) is 26.0. The van der Waals surface area contributed by atoms with Crippen LogP contribution < -0.4 is 5.32 Å². The van der Waals surface area contributed by atoms with E-state index in [1.54, 1.807) is 39.0 Å². The molecule has 1 amide bonds. The molecule has 1 aromatic rings. The van der Waals surface area contributed by atoms with Crippen molar-refractivity contribution in [2.24, 2.45) is 5.92 Å². The highest BCUT2D eigenvalue weighted by atomic mass is 31.2. The molecule has 0 aromatic heterocycles. The lowest BCUT2D eigenvalue weighted by atomic mass is 9.90. The van der Waals surface area contributed by atoms with E-state index < -0.39 is 19.7 Å². The van der Waals surface area contributed by atoms with Gasteiger partial charge in [-0.15, -0.1) is 0 Å². The molecule has 1 N–H and O–H groups in total. The molecule has 9 heteroatoms. The number of carbonyl (C=O) groups is 3. The Morgan fingerprint density at radius 3 is 2.34 bits per heavy atom. The van der Waals surface area contributed by atoms with Gasteiger partial charge in [0.25, 0.3) is 0 Å². The summed E-state index contributed by atoms with van der Waals surface area (Å²) in [6.07, 6.45) is 4.44. The van der Waals surface area contributed by atoms with Crippen molar-refractivity contribution in [1.82, 2.24) is 5.32 Å². The Bertz CT molecular complexity index is 1170. The van der Waals surface area contributed by atoms with Crippen LogP contribution in [0.2, 0.25) is 0 Å². The zero-order valence-corrected chi connectivity index (χ0v) is 26.8. The number of carbonyl (C=O) groups excluding carboxylic acids is 3. The number of ether oxygens (including phenoxy) is 1. The Hall–Kier alpha value is -2.96. The van der Waals surface area contributed by atoms with Crippen molar-refractivity contribution in [1.29, 1.82) is 0 Å². The summed E-state index contributed by atoms with van der Waals surface area (Å²) in [4.78, 5) is 37.9. The number of benzene rings is 1. The van der Waals surface area contributed by atoms with E-state index in [1.165, 1.54) is 6.92 Å². The molecular formula is C32H48NO7P. The van der Waals surface area contributed by atoms with Gasteiger partial charge >= 0.3 is 13.6 Å². The van der Waals surface area contributed by atoms with Crippen LogP contribution in [0.3, 0.4) is 0 Å². The standard InChI is InChI=1S/C32H48NO7P/c1-10-13-30(24(8)11-2)40-41(37,39-25(9)32(36)38-12-3)19-18-33-31(35)17-16-29(34)28-21-26(20-22(4)5)14-15-27(28)23(6)7/h10-11,13-15,21-23,25H,2,12,16-20H2,1,3-9H3,(H,33,35)/b13-10-,30-24+/t25-,41?/m1/s1. The number of esters is 1. The molecule has 0 saturated heterocycles. The fourth-order valence-electron chi connectivity index (χ4n) is 4.03. The van der Waals surface area contributed by atoms with Crippen LogP contribution in [0.25, 0.3) is 0 Å². The highest BCUT2D eigenvalue weighted by Gasteiger charge is 2.33. The van der Waals surface area contributed by atoms with Gasteiger partial charge in [0.2, 0.25) is 5.91 Å². The SMILES string of the molecule is C=C/C(C)=C(\C=C/C)OP(=O)(CCNC(=O)CCC(=O)c1cc(CC(C)C)ccc1C(C)C)O[C@H](C)C(=O)OCC. The maximum absolute atomic E-state index is 13.7. The molecule has 0 fully saturated rings. The van der Waals surface area contributed by atoms with E-state index in [1.807, 2.05) is 26.0 Å². The lowest BCUT2D eigenvalue weighted by molar-refractivity contribution is -0.150. The third-order valence-electron chi connectivity index (χ3n) is 6.16. The molecule has 2 atom stereocenters. The predicted octanol–water partition coefficient (Wildman–Crippen LogP) is 7.30. The molecule has 0 aliphatic carbocycles. The van der Waals surface area contributed by atoms with E-state index in [0.29, 0.717) is 17.1 Å². The van der Waals surface area contributed by atoms with E-state index in [0.717, 1.165) is 17.5 Å². The number of allylic oxidation sites excluding steroid dienone is 4. The van der Waals surface area contributed by atoms with Gasteiger partial charge in [0.1, 0.15) is 5.76 Å². The quantitative estimate of drug-likeness (QED) is 0.0629. The van der Waals surface area contributed by atoms with Gasteiger partial charge in [-0.05, 0) is 74.8 Å². The van der Waals surface area contributed by atoms with E-state index >= 15 is 0 Å². The van der Waals surface area contributed by atoms with Crippen molar-refractivity contribution in [2.45, 2.75) is 86.7 Å². The number of hydrogen-bond donors (Lipinski definition) is 1. The average Bonchev–Trinajstić information content (AvgIpc) is 2.90. The lowest BCUT2D eigenvalue weighted by Crippen LogP contribution is -2.29.